The molecule has 0 amide bonds. The number of halogens is 1. The fourth-order valence-corrected chi connectivity index (χ4v) is 3.60. The molecule has 0 radical (unpaired) electrons. The Morgan fingerprint density at radius 1 is 1.25 bits per heavy atom. The van der Waals surface area contributed by atoms with Gasteiger partial charge in [0.05, 0.1) is 18.7 Å². The molecule has 0 aromatic heterocycles. The van der Waals surface area contributed by atoms with E-state index in [1.165, 1.54) is 12.7 Å². The predicted octanol–water partition coefficient (Wildman–Crippen LogP) is 2.40. The molecule has 4 nitrogen and oxygen atoms in total. The number of benzene rings is 1. The lowest BCUT2D eigenvalue weighted by atomic mass is 9.79. The smallest absolute Gasteiger partial charge is 0.337 e. The van der Waals surface area contributed by atoms with E-state index in [1.54, 1.807) is 0 Å². The molecule has 1 saturated heterocycles. The molecule has 20 heavy (non-hydrogen) atoms. The van der Waals surface area contributed by atoms with E-state index in [4.69, 9.17) is 16.3 Å². The van der Waals surface area contributed by atoms with Gasteiger partial charge < -0.3 is 4.74 Å². The number of carbonyl (C=O) groups excluding carboxylic acids is 1. The van der Waals surface area contributed by atoms with Crippen LogP contribution in [0, 0.1) is 5.92 Å². The number of hydrogen-bond acceptors (Lipinski definition) is 4. The maximum Gasteiger partial charge on any atom is 0.337 e. The van der Waals surface area contributed by atoms with Crippen LogP contribution in [0.5, 0.6) is 0 Å². The summed E-state index contributed by atoms with van der Waals surface area (Å²) in [7, 11) is 1.40. The SMILES string of the molecule is COC(=O)c1ccc(C2NNC3CC(Cl)CCC32)cc1. The van der Waals surface area contributed by atoms with Crippen LogP contribution in [-0.2, 0) is 4.74 Å². The molecule has 0 bridgehead atoms. The third-order valence-corrected chi connectivity index (χ3v) is 4.78. The summed E-state index contributed by atoms with van der Waals surface area (Å²) in [5.74, 6) is 0.267. The second kappa shape index (κ2) is 5.72. The number of fused-ring (bicyclic) bond motifs is 1. The normalized spacial score (nSPS) is 32.7. The van der Waals surface area contributed by atoms with Crippen molar-refractivity contribution in [2.45, 2.75) is 36.7 Å². The number of esters is 1. The Morgan fingerprint density at radius 3 is 2.70 bits per heavy atom. The number of nitrogens with one attached hydrogen (secondary N) is 2. The van der Waals surface area contributed by atoms with Crippen LogP contribution in [-0.4, -0.2) is 24.5 Å². The van der Waals surface area contributed by atoms with Crippen molar-refractivity contribution in [2.75, 3.05) is 7.11 Å². The van der Waals surface area contributed by atoms with Crippen molar-refractivity contribution < 1.29 is 9.53 Å². The van der Waals surface area contributed by atoms with E-state index < -0.39 is 0 Å². The van der Waals surface area contributed by atoms with Gasteiger partial charge in [-0.2, -0.15) is 0 Å². The first-order valence-electron chi connectivity index (χ1n) is 7.02. The highest BCUT2D eigenvalue weighted by Crippen LogP contribution is 2.39. The van der Waals surface area contributed by atoms with E-state index in [1.807, 2.05) is 24.3 Å². The highest BCUT2D eigenvalue weighted by atomic mass is 35.5. The third-order valence-electron chi connectivity index (χ3n) is 4.38. The van der Waals surface area contributed by atoms with Crippen molar-refractivity contribution in [3.05, 3.63) is 35.4 Å². The summed E-state index contributed by atoms with van der Waals surface area (Å²) >= 11 is 6.23. The molecule has 2 N–H and O–H groups in total. The lowest BCUT2D eigenvalue weighted by molar-refractivity contribution is 0.0600. The standard InChI is InChI=1S/C15H19ClN2O2/c1-20-15(19)10-4-2-9(3-5-10)14-12-7-6-11(16)8-13(12)17-18-14/h2-5,11-14,17-18H,6-8H2,1H3. The monoisotopic (exact) mass is 294 g/mol. The van der Waals surface area contributed by atoms with Gasteiger partial charge in [0, 0.05) is 11.4 Å². The molecule has 1 aromatic carbocycles. The quantitative estimate of drug-likeness (QED) is 0.650. The Bertz CT molecular complexity index is 491. The molecule has 3 rings (SSSR count). The molecule has 4 atom stereocenters. The van der Waals surface area contributed by atoms with Crippen molar-refractivity contribution >= 4 is 17.6 Å². The summed E-state index contributed by atoms with van der Waals surface area (Å²) in [6, 6.07) is 8.38. The molecule has 2 aliphatic rings. The topological polar surface area (TPSA) is 50.4 Å². The summed E-state index contributed by atoms with van der Waals surface area (Å²) in [4.78, 5) is 11.4. The molecule has 1 aliphatic carbocycles. The van der Waals surface area contributed by atoms with Crippen molar-refractivity contribution in [3.8, 4) is 0 Å². The first kappa shape index (κ1) is 13.9. The van der Waals surface area contributed by atoms with Gasteiger partial charge in [-0.1, -0.05) is 12.1 Å². The first-order valence-corrected chi connectivity index (χ1v) is 7.46. The van der Waals surface area contributed by atoms with E-state index in [2.05, 4.69) is 10.9 Å². The average Bonchev–Trinajstić information content (AvgIpc) is 2.89. The van der Waals surface area contributed by atoms with Gasteiger partial charge >= 0.3 is 5.97 Å². The van der Waals surface area contributed by atoms with Gasteiger partial charge in [-0.05, 0) is 42.9 Å². The largest absolute Gasteiger partial charge is 0.465 e. The van der Waals surface area contributed by atoms with Crippen LogP contribution in [0.1, 0.15) is 41.2 Å². The number of rotatable bonds is 2. The maximum absolute atomic E-state index is 11.4. The Kier molecular flexibility index (Phi) is 3.96. The second-order valence-electron chi connectivity index (χ2n) is 5.56. The van der Waals surface area contributed by atoms with Crippen LogP contribution in [0.25, 0.3) is 0 Å². The van der Waals surface area contributed by atoms with Crippen molar-refractivity contribution in [3.63, 3.8) is 0 Å². The lowest BCUT2D eigenvalue weighted by Crippen LogP contribution is -2.36. The Hall–Kier alpha value is -1.10. The number of carbonyl (C=O) groups is 1. The zero-order valence-electron chi connectivity index (χ0n) is 11.4. The number of alkyl halides is 1. The first-order chi connectivity index (χ1) is 9.69. The second-order valence-corrected chi connectivity index (χ2v) is 6.18. The lowest BCUT2D eigenvalue weighted by Gasteiger charge is -2.30. The van der Waals surface area contributed by atoms with Gasteiger partial charge in [0.15, 0.2) is 0 Å². The zero-order valence-corrected chi connectivity index (χ0v) is 12.2. The molecule has 4 unspecified atom stereocenters. The summed E-state index contributed by atoms with van der Waals surface area (Å²) in [5.41, 5.74) is 8.52. The molecule has 1 aromatic rings. The van der Waals surface area contributed by atoms with E-state index in [9.17, 15) is 4.79 Å². The molecule has 5 heteroatoms. The van der Waals surface area contributed by atoms with E-state index in [-0.39, 0.29) is 17.4 Å². The van der Waals surface area contributed by atoms with Gasteiger partial charge in [0.1, 0.15) is 0 Å². The summed E-state index contributed by atoms with van der Waals surface area (Å²) < 4.78 is 4.72. The van der Waals surface area contributed by atoms with Crippen LogP contribution >= 0.6 is 11.6 Å². The highest BCUT2D eigenvalue weighted by molar-refractivity contribution is 6.20. The van der Waals surface area contributed by atoms with E-state index in [0.29, 0.717) is 17.5 Å². The molecule has 1 aliphatic heterocycles. The minimum absolute atomic E-state index is 0.283. The molecular formula is C15H19ClN2O2. The fraction of sp³-hybridized carbons (Fsp3) is 0.533. The van der Waals surface area contributed by atoms with Crippen LogP contribution in [0.2, 0.25) is 0 Å². The average molecular weight is 295 g/mol. The number of hydrazine groups is 1. The van der Waals surface area contributed by atoms with Crippen molar-refractivity contribution in [1.29, 1.82) is 0 Å². The van der Waals surface area contributed by atoms with Crippen LogP contribution in [0.4, 0.5) is 0 Å². The van der Waals surface area contributed by atoms with Gasteiger partial charge in [-0.15, -0.1) is 11.6 Å². The number of ether oxygens (including phenoxy) is 1. The third kappa shape index (κ3) is 2.55. The van der Waals surface area contributed by atoms with Crippen LogP contribution < -0.4 is 10.9 Å². The van der Waals surface area contributed by atoms with Gasteiger partial charge in [0.2, 0.25) is 0 Å². The van der Waals surface area contributed by atoms with Crippen molar-refractivity contribution in [2.24, 2.45) is 5.92 Å². The Labute approximate surface area is 123 Å². The Balaban J connectivity index is 1.75. The molecule has 1 saturated carbocycles. The highest BCUT2D eigenvalue weighted by Gasteiger charge is 2.40. The Morgan fingerprint density at radius 2 is 2.00 bits per heavy atom. The van der Waals surface area contributed by atoms with Crippen LogP contribution in [0.3, 0.4) is 0 Å². The molecule has 108 valence electrons. The molecule has 1 heterocycles. The van der Waals surface area contributed by atoms with Gasteiger partial charge in [-0.3, -0.25) is 5.43 Å². The number of hydrogen-bond donors (Lipinski definition) is 2. The van der Waals surface area contributed by atoms with Crippen LogP contribution in [0.15, 0.2) is 24.3 Å². The van der Waals surface area contributed by atoms with E-state index in [0.717, 1.165) is 19.3 Å². The molecular weight excluding hydrogens is 276 g/mol. The zero-order chi connectivity index (χ0) is 14.1. The maximum atomic E-state index is 11.4. The summed E-state index contributed by atoms with van der Waals surface area (Å²) in [5, 5.41) is 0.283. The fourth-order valence-electron chi connectivity index (χ4n) is 3.29. The minimum atomic E-state index is -0.297. The summed E-state index contributed by atoms with van der Waals surface area (Å²) in [6.07, 6.45) is 3.21. The summed E-state index contributed by atoms with van der Waals surface area (Å²) in [6.45, 7) is 0. The van der Waals surface area contributed by atoms with Crippen molar-refractivity contribution in [1.82, 2.24) is 10.9 Å². The molecule has 0 spiro atoms. The van der Waals surface area contributed by atoms with Gasteiger partial charge in [0.25, 0.3) is 0 Å². The number of methoxy groups -OCH3 is 1. The molecule has 2 fully saturated rings. The minimum Gasteiger partial charge on any atom is -0.465 e. The van der Waals surface area contributed by atoms with E-state index >= 15 is 0 Å². The van der Waals surface area contributed by atoms with Gasteiger partial charge in [-0.25, -0.2) is 10.2 Å². The predicted molar refractivity (Wildman–Crippen MR) is 77.6 cm³/mol.